The highest BCUT2D eigenvalue weighted by atomic mass is 16.8. The average Bonchev–Trinajstić information content (AvgIpc) is 0.765. The molecule has 19 unspecified atom stereocenters. The monoisotopic (exact) mass is 1490 g/mol. The first-order valence-corrected chi connectivity index (χ1v) is 33.4. The molecule has 572 valence electrons. The second-order valence-electron chi connectivity index (χ2n) is 24.3. The van der Waals surface area contributed by atoms with Crippen LogP contribution in [0.2, 0.25) is 0 Å². The van der Waals surface area contributed by atoms with E-state index in [1.54, 1.807) is 42.5 Å². The number of carbonyl (C=O) groups is 12. The third-order valence-electron chi connectivity index (χ3n) is 16.4. The molecule has 4 heterocycles. The molecule has 9 rings (SSSR count). The highest BCUT2D eigenvalue weighted by Crippen LogP contribution is 2.40. The van der Waals surface area contributed by atoms with Crippen LogP contribution < -0.4 is 0 Å². The van der Waals surface area contributed by atoms with E-state index >= 15 is 0 Å². The van der Waals surface area contributed by atoms with E-state index in [-0.39, 0.29) is 27.8 Å². The first kappa shape index (κ1) is 80.5. The molecule has 4 aliphatic heterocycles. The number of ether oxygens (including phenoxy) is 20. The lowest BCUT2D eigenvalue weighted by atomic mass is 9.95. The molecule has 1 N–H and O–H groups in total. The Morgan fingerprint density at radius 2 is 0.551 bits per heavy atom. The summed E-state index contributed by atoms with van der Waals surface area (Å²) in [6.07, 6.45) is -40.1. The Morgan fingerprint density at radius 1 is 0.280 bits per heavy atom. The number of hydrogen-bond donors (Lipinski definition) is 1. The molecule has 0 aliphatic carbocycles. The van der Waals surface area contributed by atoms with Gasteiger partial charge >= 0.3 is 71.6 Å². The lowest BCUT2D eigenvalue weighted by molar-refractivity contribution is -0.384. The fourth-order valence-corrected chi connectivity index (χ4v) is 11.9. The van der Waals surface area contributed by atoms with Gasteiger partial charge in [-0.1, -0.05) is 91.0 Å². The molecule has 0 aromatic heterocycles. The van der Waals surface area contributed by atoms with Crippen LogP contribution in [0.15, 0.2) is 152 Å². The Labute approximate surface area is 611 Å². The summed E-state index contributed by atoms with van der Waals surface area (Å²) < 4.78 is 122. The predicted molar refractivity (Wildman–Crippen MR) is 354 cm³/mol. The summed E-state index contributed by atoms with van der Waals surface area (Å²) in [7, 11) is 1.12. The lowest BCUT2D eigenvalue weighted by Crippen LogP contribution is -2.69. The van der Waals surface area contributed by atoms with Crippen molar-refractivity contribution in [2.75, 3.05) is 33.5 Å². The Kier molecular flexibility index (Phi) is 28.6. The minimum Gasteiger partial charge on any atom is -0.463 e. The van der Waals surface area contributed by atoms with Crippen molar-refractivity contribution in [3.05, 3.63) is 179 Å². The van der Waals surface area contributed by atoms with Crippen molar-refractivity contribution in [2.24, 2.45) is 0 Å². The van der Waals surface area contributed by atoms with Crippen LogP contribution in [-0.4, -0.2) is 233 Å². The summed E-state index contributed by atoms with van der Waals surface area (Å²) in [5.41, 5.74) is -0.150. The van der Waals surface area contributed by atoms with Gasteiger partial charge in [0.05, 0.1) is 34.4 Å². The number of methoxy groups -OCH3 is 1. The van der Waals surface area contributed by atoms with Gasteiger partial charge < -0.3 is 99.8 Å². The van der Waals surface area contributed by atoms with E-state index in [1.165, 1.54) is 109 Å². The highest BCUT2D eigenvalue weighted by Gasteiger charge is 2.61. The Morgan fingerprint density at radius 3 is 0.935 bits per heavy atom. The predicted octanol–water partition coefficient (Wildman–Crippen LogP) is 4.22. The maximum atomic E-state index is 14.7. The van der Waals surface area contributed by atoms with Gasteiger partial charge in [-0.05, 0) is 60.7 Å². The number of rotatable bonds is 28. The van der Waals surface area contributed by atoms with Crippen molar-refractivity contribution in [3.63, 3.8) is 0 Å². The van der Waals surface area contributed by atoms with Crippen LogP contribution in [-0.2, 0) is 128 Å². The van der Waals surface area contributed by atoms with E-state index in [1.807, 2.05) is 0 Å². The Balaban J connectivity index is 1.22. The summed E-state index contributed by atoms with van der Waals surface area (Å²) in [6, 6.07) is 37.3. The maximum Gasteiger partial charge on any atom is 0.338 e. The van der Waals surface area contributed by atoms with Crippen LogP contribution in [0.5, 0.6) is 0 Å². The summed E-state index contributed by atoms with van der Waals surface area (Å²) in [5.74, 6) is -12.5. The fourth-order valence-electron chi connectivity index (χ4n) is 11.9. The molecule has 33 nitrogen and oxygen atoms in total. The van der Waals surface area contributed by atoms with Crippen LogP contribution in [0, 0.1) is 0 Å². The first-order valence-electron chi connectivity index (χ1n) is 33.4. The third-order valence-corrected chi connectivity index (χ3v) is 16.4. The van der Waals surface area contributed by atoms with Gasteiger partial charge in [0.2, 0.25) is 0 Å². The molecular formula is C74H78O33. The molecule has 5 aromatic rings. The van der Waals surface area contributed by atoms with Crippen molar-refractivity contribution in [2.45, 2.75) is 171 Å². The molecule has 0 saturated carbocycles. The van der Waals surface area contributed by atoms with E-state index in [4.69, 9.17) is 94.7 Å². The summed E-state index contributed by atoms with van der Waals surface area (Å²) in [6.45, 7) is 3.20. The maximum absolute atomic E-state index is 14.7. The minimum atomic E-state index is -2.32. The minimum absolute atomic E-state index is 0.0377. The zero-order valence-corrected chi connectivity index (χ0v) is 58.8. The average molecular weight is 1500 g/mol. The zero-order valence-electron chi connectivity index (χ0n) is 58.8. The Hall–Kier alpha value is -10.6. The van der Waals surface area contributed by atoms with Crippen molar-refractivity contribution in [3.8, 4) is 0 Å². The molecule has 107 heavy (non-hydrogen) atoms. The molecular weight excluding hydrogens is 1420 g/mol. The molecule has 5 aromatic carbocycles. The van der Waals surface area contributed by atoms with Crippen LogP contribution in [0.4, 0.5) is 0 Å². The standard InChI is InChI=1S/C74H78O33/c1-38(75)89-34-51-56(94-40(3)77)61(63(97-43(6)80)71(88-8)99-51)107-74-65(98-44(7)81)62(106-73-59(96-42(5)79)54(82)55(93-39(2)76)50(101-73)35-90-66(83)45-24-14-9-15-25-45)57(95-41(4)78)53(102-74)37-92-72-64(105-70(87)49-32-22-13-23-33-49)60(104-69(86)48-30-20-12-21-31-48)58(103-68(85)47-28-18-11-19-29-47)52(100-72)36-91-67(84)46-26-16-10-17-27-46/h9-33,50-65,71-74,82H,34-37H2,1-8H3/t50?,51?,52?,53?,54?,55?,56?,57-,58?,59?,60?,61?,62?,63?,64?,65?,71?,72?,73?,74?/m1/s1. The fraction of sp³-hybridized carbons (Fsp3) is 0.432. The topological polar surface area (TPSA) is 410 Å². The summed E-state index contributed by atoms with van der Waals surface area (Å²) in [4.78, 5) is 164. The molecule has 33 heteroatoms. The summed E-state index contributed by atoms with van der Waals surface area (Å²) in [5, 5.41) is 12.3. The van der Waals surface area contributed by atoms with Gasteiger partial charge in [-0.2, -0.15) is 0 Å². The van der Waals surface area contributed by atoms with Gasteiger partial charge in [0.15, 0.2) is 80.1 Å². The van der Waals surface area contributed by atoms with E-state index in [0.29, 0.717) is 0 Å². The van der Waals surface area contributed by atoms with Gasteiger partial charge in [-0.3, -0.25) is 33.6 Å². The highest BCUT2D eigenvalue weighted by molar-refractivity contribution is 5.92. The molecule has 4 saturated heterocycles. The number of benzene rings is 5. The van der Waals surface area contributed by atoms with Gasteiger partial charge in [-0.25, -0.2) is 24.0 Å². The van der Waals surface area contributed by atoms with Crippen LogP contribution in [0.25, 0.3) is 0 Å². The first-order chi connectivity index (χ1) is 51.3. The quantitative estimate of drug-likeness (QED) is 0.0541. The van der Waals surface area contributed by atoms with Crippen LogP contribution in [0.3, 0.4) is 0 Å². The molecule has 0 bridgehead atoms. The number of hydrogen-bond acceptors (Lipinski definition) is 33. The summed E-state index contributed by atoms with van der Waals surface area (Å²) >= 11 is 0. The smallest absolute Gasteiger partial charge is 0.338 e. The third kappa shape index (κ3) is 21.8. The van der Waals surface area contributed by atoms with Gasteiger partial charge in [0, 0.05) is 55.6 Å². The van der Waals surface area contributed by atoms with Crippen molar-refractivity contribution in [1.82, 2.24) is 0 Å². The second-order valence-corrected chi connectivity index (χ2v) is 24.3. The van der Waals surface area contributed by atoms with Crippen LogP contribution >= 0.6 is 0 Å². The molecule has 20 atom stereocenters. The van der Waals surface area contributed by atoms with Crippen molar-refractivity contribution in [1.29, 1.82) is 0 Å². The number of aliphatic hydroxyl groups is 1. The normalized spacial score (nSPS) is 28.1. The molecule has 0 spiro atoms. The van der Waals surface area contributed by atoms with Crippen molar-refractivity contribution < 1.29 is 157 Å². The molecule has 4 fully saturated rings. The number of carbonyl (C=O) groups excluding carboxylic acids is 12. The molecule has 0 amide bonds. The lowest BCUT2D eigenvalue weighted by Gasteiger charge is -2.50. The van der Waals surface area contributed by atoms with Crippen LogP contribution in [0.1, 0.15) is 100 Å². The van der Waals surface area contributed by atoms with Gasteiger partial charge in [-0.15, -0.1) is 0 Å². The van der Waals surface area contributed by atoms with Gasteiger partial charge in [0.1, 0.15) is 62.5 Å². The van der Waals surface area contributed by atoms with E-state index < -0.39 is 221 Å². The number of aliphatic hydroxyl groups excluding tert-OH is 1. The van der Waals surface area contributed by atoms with E-state index in [9.17, 15) is 62.6 Å². The van der Waals surface area contributed by atoms with Gasteiger partial charge in [0.25, 0.3) is 0 Å². The Bertz CT molecular complexity index is 3880. The van der Waals surface area contributed by atoms with E-state index in [0.717, 1.165) is 55.6 Å². The zero-order chi connectivity index (χ0) is 77.0. The largest absolute Gasteiger partial charge is 0.463 e. The second kappa shape index (κ2) is 38.1. The van der Waals surface area contributed by atoms with Crippen molar-refractivity contribution >= 4 is 71.6 Å². The molecule has 0 radical (unpaired) electrons. The number of esters is 12. The SMILES string of the molecule is COC1OC(COC(C)=O)C(OC(C)=O)C(OC2OC(COC3OC(COC(=O)c4ccccc4)C(OC(=O)c4ccccc4)C(OC(=O)c4ccccc4)C3OC(=O)c3ccccc3)[C@@H](OC(C)=O)C(OC3OC(COC(=O)c4ccccc4)C(OC(C)=O)C(O)C3OC(C)=O)C2OC(C)=O)C1OC(C)=O. The van der Waals surface area contributed by atoms with E-state index in [2.05, 4.69) is 0 Å². The molecule has 4 aliphatic rings.